The molecule has 0 N–H and O–H groups in total. The standard InChI is InChI=1S/C50H34N2/c1-33-30-37(38-25-27-41-42-28-29-51-32-48(42)52(47(41)31-38)39-14-6-3-7-15-39)24-26-40(33)34-20-22-36(23-21-34)50-45-18-10-8-16-43(45)49(35-12-4-2-5-13-35)44-17-9-11-19-46(44)50/h2-32H,1H3. The van der Waals surface area contributed by atoms with E-state index < -0.39 is 0 Å². The molecule has 0 saturated carbocycles. The summed E-state index contributed by atoms with van der Waals surface area (Å²) in [5.74, 6) is 0. The molecule has 8 aromatic carbocycles. The molecule has 2 aromatic heterocycles. The van der Waals surface area contributed by atoms with Crippen molar-refractivity contribution in [2.75, 3.05) is 0 Å². The van der Waals surface area contributed by atoms with Gasteiger partial charge in [0.1, 0.15) is 0 Å². The molecule has 0 bridgehead atoms. The van der Waals surface area contributed by atoms with Gasteiger partial charge < -0.3 is 4.57 Å². The Kier molecular flexibility index (Phi) is 7.07. The molecule has 0 unspecified atom stereocenters. The van der Waals surface area contributed by atoms with E-state index in [4.69, 9.17) is 0 Å². The molecule has 0 spiro atoms. The first-order valence-corrected chi connectivity index (χ1v) is 17.9. The molecule has 2 heteroatoms. The third-order valence-corrected chi connectivity index (χ3v) is 10.6. The minimum absolute atomic E-state index is 1.11. The van der Waals surface area contributed by atoms with Crippen LogP contribution in [-0.2, 0) is 0 Å². The van der Waals surface area contributed by atoms with Gasteiger partial charge >= 0.3 is 0 Å². The average molecular weight is 663 g/mol. The van der Waals surface area contributed by atoms with Gasteiger partial charge in [0.15, 0.2) is 0 Å². The van der Waals surface area contributed by atoms with E-state index in [9.17, 15) is 0 Å². The molecule has 0 aliphatic rings. The van der Waals surface area contributed by atoms with Crippen LogP contribution in [0.2, 0.25) is 0 Å². The minimum atomic E-state index is 1.11. The number of rotatable bonds is 5. The van der Waals surface area contributed by atoms with Crippen molar-refractivity contribution in [3.63, 3.8) is 0 Å². The summed E-state index contributed by atoms with van der Waals surface area (Å²) in [6.45, 7) is 2.22. The summed E-state index contributed by atoms with van der Waals surface area (Å²) in [5, 5.41) is 7.53. The predicted molar refractivity (Wildman–Crippen MR) is 220 cm³/mol. The van der Waals surface area contributed by atoms with Crippen LogP contribution in [0.3, 0.4) is 0 Å². The largest absolute Gasteiger partial charge is 0.308 e. The Labute approximate surface area is 302 Å². The highest BCUT2D eigenvalue weighted by molar-refractivity contribution is 6.21. The topological polar surface area (TPSA) is 17.8 Å². The van der Waals surface area contributed by atoms with E-state index in [-0.39, 0.29) is 0 Å². The fraction of sp³-hybridized carbons (Fsp3) is 0.0200. The van der Waals surface area contributed by atoms with Crippen LogP contribution in [0, 0.1) is 6.92 Å². The molecule has 244 valence electrons. The Balaban J connectivity index is 1.05. The maximum atomic E-state index is 4.47. The van der Waals surface area contributed by atoms with Crippen molar-refractivity contribution in [1.29, 1.82) is 0 Å². The second kappa shape index (κ2) is 12.2. The normalized spacial score (nSPS) is 11.6. The highest BCUT2D eigenvalue weighted by Crippen LogP contribution is 2.44. The summed E-state index contributed by atoms with van der Waals surface area (Å²) in [7, 11) is 0. The summed E-state index contributed by atoms with van der Waals surface area (Å²) in [5.41, 5.74) is 14.6. The zero-order valence-corrected chi connectivity index (χ0v) is 28.8. The van der Waals surface area contributed by atoms with Gasteiger partial charge in [0.2, 0.25) is 0 Å². The molecular formula is C50H34N2. The lowest BCUT2D eigenvalue weighted by Crippen LogP contribution is -1.93. The van der Waals surface area contributed by atoms with E-state index in [0.29, 0.717) is 0 Å². The van der Waals surface area contributed by atoms with Crippen LogP contribution < -0.4 is 0 Å². The zero-order chi connectivity index (χ0) is 34.6. The molecule has 0 atom stereocenters. The van der Waals surface area contributed by atoms with Crippen LogP contribution in [0.15, 0.2) is 188 Å². The molecule has 0 fully saturated rings. The van der Waals surface area contributed by atoms with E-state index in [1.165, 1.54) is 87.9 Å². The number of hydrogen-bond donors (Lipinski definition) is 0. The van der Waals surface area contributed by atoms with E-state index in [0.717, 1.165) is 11.2 Å². The van der Waals surface area contributed by atoms with Gasteiger partial charge in [-0.25, -0.2) is 0 Å². The Morgan fingerprint density at radius 1 is 0.385 bits per heavy atom. The van der Waals surface area contributed by atoms with Crippen LogP contribution in [0.25, 0.3) is 93.5 Å². The first kappa shape index (κ1) is 30.1. The fourth-order valence-corrected chi connectivity index (χ4v) is 8.24. The molecule has 2 nitrogen and oxygen atoms in total. The van der Waals surface area contributed by atoms with E-state index >= 15 is 0 Å². The lowest BCUT2D eigenvalue weighted by molar-refractivity contribution is 1.17. The van der Waals surface area contributed by atoms with Crippen molar-refractivity contribution in [3.8, 4) is 50.2 Å². The van der Waals surface area contributed by atoms with Crippen molar-refractivity contribution in [2.45, 2.75) is 6.92 Å². The van der Waals surface area contributed by atoms with Crippen molar-refractivity contribution >= 4 is 43.4 Å². The summed E-state index contributed by atoms with van der Waals surface area (Å²) in [6.07, 6.45) is 3.85. The van der Waals surface area contributed by atoms with E-state index in [2.05, 4.69) is 192 Å². The number of fused-ring (bicyclic) bond motifs is 5. The molecule has 0 aliphatic carbocycles. The third kappa shape index (κ3) is 4.84. The van der Waals surface area contributed by atoms with Crippen molar-refractivity contribution in [1.82, 2.24) is 9.55 Å². The lowest BCUT2D eigenvalue weighted by Gasteiger charge is -2.18. The van der Waals surface area contributed by atoms with Crippen LogP contribution >= 0.6 is 0 Å². The number of aromatic nitrogens is 2. The summed E-state index contributed by atoms with van der Waals surface area (Å²) >= 11 is 0. The van der Waals surface area contributed by atoms with Crippen LogP contribution in [-0.4, -0.2) is 9.55 Å². The number of pyridine rings is 1. The maximum absolute atomic E-state index is 4.47. The number of para-hydroxylation sites is 1. The van der Waals surface area contributed by atoms with Gasteiger partial charge in [-0.05, 0) is 103 Å². The molecule has 0 amide bonds. The third-order valence-electron chi connectivity index (χ3n) is 10.6. The smallest absolute Gasteiger partial charge is 0.0724 e. The summed E-state index contributed by atoms with van der Waals surface area (Å²) < 4.78 is 2.32. The van der Waals surface area contributed by atoms with Gasteiger partial charge in [-0.3, -0.25) is 4.98 Å². The highest BCUT2D eigenvalue weighted by atomic mass is 15.0. The second-order valence-corrected chi connectivity index (χ2v) is 13.6. The predicted octanol–water partition coefficient (Wildman–Crippen LogP) is 13.5. The highest BCUT2D eigenvalue weighted by Gasteiger charge is 2.17. The quantitative estimate of drug-likeness (QED) is 0.168. The number of benzene rings is 8. The second-order valence-electron chi connectivity index (χ2n) is 13.6. The van der Waals surface area contributed by atoms with Crippen molar-refractivity contribution in [3.05, 3.63) is 194 Å². The van der Waals surface area contributed by atoms with Crippen LogP contribution in [0.4, 0.5) is 0 Å². The van der Waals surface area contributed by atoms with Crippen molar-refractivity contribution in [2.24, 2.45) is 0 Å². The molecule has 0 saturated heterocycles. The molecule has 0 radical (unpaired) electrons. The van der Waals surface area contributed by atoms with Gasteiger partial charge in [0.25, 0.3) is 0 Å². The summed E-state index contributed by atoms with van der Waals surface area (Å²) in [4.78, 5) is 4.47. The van der Waals surface area contributed by atoms with Gasteiger partial charge in [-0.15, -0.1) is 0 Å². The SMILES string of the molecule is Cc1cc(-c2ccc3c4ccncc4n(-c4ccccc4)c3c2)ccc1-c1ccc(-c2c3ccccc3c(-c3ccccc3)c3ccccc23)cc1. The molecule has 0 aliphatic heterocycles. The maximum Gasteiger partial charge on any atom is 0.0724 e. The number of nitrogens with zero attached hydrogens (tertiary/aromatic N) is 2. The Morgan fingerprint density at radius 2 is 0.885 bits per heavy atom. The van der Waals surface area contributed by atoms with Crippen molar-refractivity contribution < 1.29 is 0 Å². The number of hydrogen-bond acceptors (Lipinski definition) is 1. The molecule has 10 aromatic rings. The minimum Gasteiger partial charge on any atom is -0.308 e. The summed E-state index contributed by atoms with van der Waals surface area (Å²) in [6, 6.07) is 64.0. The Hall–Kier alpha value is -6.77. The van der Waals surface area contributed by atoms with Gasteiger partial charge in [0.05, 0.1) is 17.2 Å². The lowest BCUT2D eigenvalue weighted by atomic mass is 9.85. The first-order chi connectivity index (χ1) is 25.7. The monoisotopic (exact) mass is 662 g/mol. The Morgan fingerprint density at radius 3 is 1.52 bits per heavy atom. The molecule has 52 heavy (non-hydrogen) atoms. The fourth-order valence-electron chi connectivity index (χ4n) is 8.24. The van der Waals surface area contributed by atoms with Gasteiger partial charge in [-0.1, -0.05) is 152 Å². The molecule has 10 rings (SSSR count). The number of aryl methyl sites for hydroxylation is 1. The van der Waals surface area contributed by atoms with Gasteiger partial charge in [-0.2, -0.15) is 0 Å². The molecular weight excluding hydrogens is 629 g/mol. The van der Waals surface area contributed by atoms with Crippen LogP contribution in [0.1, 0.15) is 5.56 Å². The molecule has 2 heterocycles. The Bertz CT molecular complexity index is 2880. The zero-order valence-electron chi connectivity index (χ0n) is 28.8. The van der Waals surface area contributed by atoms with Crippen LogP contribution in [0.5, 0.6) is 0 Å². The van der Waals surface area contributed by atoms with E-state index in [1.54, 1.807) is 0 Å². The van der Waals surface area contributed by atoms with Gasteiger partial charge in [0, 0.05) is 22.7 Å². The first-order valence-electron chi connectivity index (χ1n) is 17.9. The van der Waals surface area contributed by atoms with E-state index in [1.807, 2.05) is 12.4 Å². The average Bonchev–Trinajstić information content (AvgIpc) is 3.54.